The normalized spacial score (nSPS) is 46.4. The first kappa shape index (κ1) is 24.7. The molecule has 4 fully saturated rings. The minimum absolute atomic E-state index is 0.0570. The summed E-state index contributed by atoms with van der Waals surface area (Å²) in [6.45, 7) is 12.2. The predicted octanol–water partition coefficient (Wildman–Crippen LogP) is 5.18. The van der Waals surface area contributed by atoms with Gasteiger partial charge in [0.2, 0.25) is 0 Å². The quantitative estimate of drug-likeness (QED) is 0.530. The van der Waals surface area contributed by atoms with Crippen LogP contribution in [0.1, 0.15) is 105 Å². The first-order valence-electron chi connectivity index (χ1n) is 14.3. The molecule has 5 rings (SSSR count). The molecule has 192 valence electrons. The lowest BCUT2D eigenvalue weighted by atomic mass is 9.37. The maximum absolute atomic E-state index is 12.3. The lowest BCUT2D eigenvalue weighted by Crippen LogP contribution is -2.66. The average Bonchev–Trinajstić information content (AvgIpc) is 3.47. The Labute approximate surface area is 206 Å². The SMILES string of the molecule is CCC1(CC)[C@@H](O)[C@H]2[C@@H]3CC[C@H]([C@H](C)CCc4nnn[nH]4)[C@@]3(C)CC[C@@H]2[C@@]2(C)CC[C@@H](O)C[C@@H]12. The molecule has 3 N–H and O–H groups in total. The van der Waals surface area contributed by atoms with E-state index in [9.17, 15) is 10.2 Å². The minimum Gasteiger partial charge on any atom is -0.393 e. The Balaban J connectivity index is 1.44. The van der Waals surface area contributed by atoms with Gasteiger partial charge in [0.1, 0.15) is 5.82 Å². The lowest BCUT2D eigenvalue weighted by Gasteiger charge is -2.68. The van der Waals surface area contributed by atoms with E-state index in [1.165, 1.54) is 25.7 Å². The summed E-state index contributed by atoms with van der Waals surface area (Å²) in [5.74, 6) is 4.29. The Morgan fingerprint density at radius 3 is 2.38 bits per heavy atom. The van der Waals surface area contributed by atoms with Crippen molar-refractivity contribution in [3.05, 3.63) is 5.82 Å². The zero-order valence-electron chi connectivity index (χ0n) is 22.1. The van der Waals surface area contributed by atoms with E-state index >= 15 is 0 Å². The highest BCUT2D eigenvalue weighted by atomic mass is 16.3. The summed E-state index contributed by atoms with van der Waals surface area (Å²) in [7, 11) is 0. The van der Waals surface area contributed by atoms with Crippen LogP contribution in [0.3, 0.4) is 0 Å². The Bertz CT molecular complexity index is 841. The van der Waals surface area contributed by atoms with Gasteiger partial charge in [-0.15, -0.1) is 5.10 Å². The van der Waals surface area contributed by atoms with Crippen LogP contribution in [0.5, 0.6) is 0 Å². The van der Waals surface area contributed by atoms with E-state index in [-0.39, 0.29) is 23.0 Å². The van der Waals surface area contributed by atoms with E-state index in [1.54, 1.807) is 0 Å². The number of H-pyrrole nitrogens is 1. The fraction of sp³-hybridized carbons (Fsp3) is 0.964. The van der Waals surface area contributed by atoms with Gasteiger partial charge in [0.25, 0.3) is 0 Å². The van der Waals surface area contributed by atoms with Crippen LogP contribution < -0.4 is 0 Å². The monoisotopic (exact) mass is 472 g/mol. The fourth-order valence-corrected chi connectivity index (χ4v) is 10.6. The van der Waals surface area contributed by atoms with Crippen molar-refractivity contribution >= 4 is 0 Å². The molecule has 0 bridgehead atoms. The van der Waals surface area contributed by atoms with Crippen molar-refractivity contribution in [2.45, 2.75) is 117 Å². The Hall–Kier alpha value is -1.01. The molecule has 0 aromatic carbocycles. The van der Waals surface area contributed by atoms with E-state index in [2.05, 4.69) is 55.2 Å². The Morgan fingerprint density at radius 2 is 1.71 bits per heavy atom. The second kappa shape index (κ2) is 8.83. The molecule has 1 aromatic rings. The number of fused-ring (bicyclic) bond motifs is 5. The van der Waals surface area contributed by atoms with Gasteiger partial charge in [-0.3, -0.25) is 0 Å². The number of aliphatic hydroxyl groups excluding tert-OH is 2. The van der Waals surface area contributed by atoms with Crippen LogP contribution in [0.4, 0.5) is 0 Å². The third-order valence-electron chi connectivity index (χ3n) is 12.4. The van der Waals surface area contributed by atoms with Crippen LogP contribution in [-0.2, 0) is 6.42 Å². The van der Waals surface area contributed by atoms with Gasteiger partial charge in [-0.1, -0.05) is 34.6 Å². The number of hydrogen-bond donors (Lipinski definition) is 3. The van der Waals surface area contributed by atoms with Gasteiger partial charge in [-0.25, -0.2) is 5.10 Å². The summed E-state index contributed by atoms with van der Waals surface area (Å²) in [4.78, 5) is 0. The van der Waals surface area contributed by atoms with E-state index in [0.717, 1.165) is 50.8 Å². The molecule has 1 aromatic heterocycles. The van der Waals surface area contributed by atoms with Gasteiger partial charge < -0.3 is 10.2 Å². The molecule has 0 saturated heterocycles. The first-order valence-corrected chi connectivity index (χ1v) is 14.3. The zero-order chi connectivity index (χ0) is 24.3. The number of tetrazole rings is 1. The van der Waals surface area contributed by atoms with Gasteiger partial charge in [0, 0.05) is 6.42 Å². The molecule has 0 radical (unpaired) electrons. The summed E-state index contributed by atoms with van der Waals surface area (Å²) in [5.41, 5.74) is 0.504. The van der Waals surface area contributed by atoms with E-state index in [1.807, 2.05) is 0 Å². The topological polar surface area (TPSA) is 94.9 Å². The maximum Gasteiger partial charge on any atom is 0.148 e. The molecule has 4 saturated carbocycles. The van der Waals surface area contributed by atoms with Gasteiger partial charge in [0.05, 0.1) is 12.2 Å². The van der Waals surface area contributed by atoms with Crippen molar-refractivity contribution in [1.29, 1.82) is 0 Å². The van der Waals surface area contributed by atoms with E-state index in [0.29, 0.717) is 40.9 Å². The van der Waals surface area contributed by atoms with Crippen molar-refractivity contribution in [3.63, 3.8) is 0 Å². The first-order chi connectivity index (χ1) is 16.2. The molecule has 1 heterocycles. The third kappa shape index (κ3) is 3.44. The van der Waals surface area contributed by atoms with Crippen LogP contribution in [0, 0.1) is 51.8 Å². The number of aromatic amines is 1. The molecule has 34 heavy (non-hydrogen) atoms. The molecule has 0 amide bonds. The van der Waals surface area contributed by atoms with Gasteiger partial charge >= 0.3 is 0 Å². The molecule has 6 heteroatoms. The molecular formula is C28H48N4O2. The second-order valence-corrected chi connectivity index (χ2v) is 13.3. The fourth-order valence-electron chi connectivity index (χ4n) is 10.6. The lowest BCUT2D eigenvalue weighted by molar-refractivity contribution is -0.243. The molecule has 10 atom stereocenters. The van der Waals surface area contributed by atoms with Crippen LogP contribution in [0.2, 0.25) is 0 Å². The highest BCUT2D eigenvalue weighted by Gasteiger charge is 2.68. The standard InChI is InChI=1S/C28H48N4O2/c1-6-28(7-2)22-16-18(33)12-14-27(22,5)21-13-15-26(4)19(9-10-20(26)24(21)25(28)34)17(3)8-11-23-29-31-32-30-23/h17-22,24-25,33-34H,6-16H2,1-5H3,(H,29,30,31,32)/t17-,18-,19-,20+,21+,22-,24+,25+,26-,27-/m1/s1. The minimum atomic E-state index is -0.241. The number of nitrogens with one attached hydrogen (secondary N) is 1. The molecule has 6 nitrogen and oxygen atoms in total. The van der Waals surface area contributed by atoms with Crippen LogP contribution in [0.15, 0.2) is 0 Å². The van der Waals surface area contributed by atoms with Crippen LogP contribution in [0.25, 0.3) is 0 Å². The van der Waals surface area contributed by atoms with Crippen molar-refractivity contribution in [1.82, 2.24) is 20.6 Å². The largest absolute Gasteiger partial charge is 0.393 e. The van der Waals surface area contributed by atoms with Gasteiger partial charge in [-0.05, 0) is 126 Å². The van der Waals surface area contributed by atoms with Crippen LogP contribution >= 0.6 is 0 Å². The highest BCUT2D eigenvalue weighted by molar-refractivity contribution is 5.17. The summed E-state index contributed by atoms with van der Waals surface area (Å²) < 4.78 is 0. The highest BCUT2D eigenvalue weighted by Crippen LogP contribution is 2.72. The number of nitrogens with zero attached hydrogens (tertiary/aromatic N) is 3. The predicted molar refractivity (Wildman–Crippen MR) is 133 cm³/mol. The van der Waals surface area contributed by atoms with Crippen molar-refractivity contribution in [2.75, 3.05) is 0 Å². The summed E-state index contributed by atoms with van der Waals surface area (Å²) in [6.07, 6.45) is 11.7. The number of aryl methyl sites for hydroxylation is 1. The van der Waals surface area contributed by atoms with Gasteiger partial charge in [0.15, 0.2) is 0 Å². The van der Waals surface area contributed by atoms with Crippen molar-refractivity contribution < 1.29 is 10.2 Å². The molecule has 4 aliphatic rings. The third-order valence-corrected chi connectivity index (χ3v) is 12.4. The number of aromatic nitrogens is 4. The molecule has 4 aliphatic carbocycles. The maximum atomic E-state index is 12.3. The average molecular weight is 473 g/mol. The second-order valence-electron chi connectivity index (χ2n) is 13.3. The number of aliphatic hydroxyl groups is 2. The van der Waals surface area contributed by atoms with E-state index in [4.69, 9.17) is 0 Å². The zero-order valence-corrected chi connectivity index (χ0v) is 22.1. The Morgan fingerprint density at radius 1 is 1.00 bits per heavy atom. The number of rotatable bonds is 6. The summed E-state index contributed by atoms with van der Waals surface area (Å²) in [6, 6.07) is 0. The number of hydrogen-bond acceptors (Lipinski definition) is 5. The molecule has 0 aliphatic heterocycles. The van der Waals surface area contributed by atoms with Crippen LogP contribution in [-0.4, -0.2) is 43.0 Å². The Kier molecular flexibility index (Phi) is 6.41. The molecular weight excluding hydrogens is 424 g/mol. The molecule has 0 unspecified atom stereocenters. The smallest absolute Gasteiger partial charge is 0.148 e. The van der Waals surface area contributed by atoms with E-state index < -0.39 is 0 Å². The molecule has 0 spiro atoms. The van der Waals surface area contributed by atoms with Crippen molar-refractivity contribution in [3.8, 4) is 0 Å². The van der Waals surface area contributed by atoms with Crippen molar-refractivity contribution in [2.24, 2.45) is 51.8 Å². The summed E-state index contributed by atoms with van der Waals surface area (Å²) >= 11 is 0. The summed E-state index contributed by atoms with van der Waals surface area (Å²) in [5, 5.41) is 37.4. The van der Waals surface area contributed by atoms with Gasteiger partial charge in [-0.2, -0.15) is 0 Å².